The van der Waals surface area contributed by atoms with E-state index in [1.807, 2.05) is 4.90 Å². The number of carbonyl (C=O) groups is 2. The molecule has 0 spiro atoms. The number of hydrogen-bond acceptors (Lipinski definition) is 3. The Balaban J connectivity index is 1.56. The van der Waals surface area contributed by atoms with Crippen molar-refractivity contribution in [1.29, 1.82) is 0 Å². The number of carbonyl (C=O) groups excluding carboxylic acids is 2. The molecule has 2 aliphatic heterocycles. The highest BCUT2D eigenvalue weighted by atomic mass is 16.2. The minimum Gasteiger partial charge on any atom is -0.338 e. The van der Waals surface area contributed by atoms with Crippen LogP contribution < -0.4 is 5.32 Å². The first-order chi connectivity index (χ1) is 12.0. The van der Waals surface area contributed by atoms with E-state index in [0.717, 1.165) is 25.9 Å². The summed E-state index contributed by atoms with van der Waals surface area (Å²) < 4.78 is 0. The maximum Gasteiger partial charge on any atom is 0.319 e. The maximum absolute atomic E-state index is 12.2. The van der Waals surface area contributed by atoms with Crippen LogP contribution in [0.25, 0.3) is 0 Å². The SMILES string of the molecule is CC1CCCCN1CCCCNC(=O)N1CCN(C(=O)N(C)C)CC1. The Morgan fingerprint density at radius 2 is 1.68 bits per heavy atom. The van der Waals surface area contributed by atoms with Crippen LogP contribution in [-0.4, -0.2) is 97.6 Å². The Morgan fingerprint density at radius 1 is 1.00 bits per heavy atom. The number of hydrogen-bond donors (Lipinski definition) is 1. The van der Waals surface area contributed by atoms with Gasteiger partial charge in [0.2, 0.25) is 0 Å². The Morgan fingerprint density at radius 3 is 2.32 bits per heavy atom. The van der Waals surface area contributed by atoms with Crippen molar-refractivity contribution in [1.82, 2.24) is 24.9 Å². The molecule has 7 nitrogen and oxygen atoms in total. The number of rotatable bonds is 5. The number of urea groups is 2. The van der Waals surface area contributed by atoms with E-state index in [0.29, 0.717) is 32.2 Å². The van der Waals surface area contributed by atoms with Crippen LogP contribution in [0.3, 0.4) is 0 Å². The zero-order valence-electron chi connectivity index (χ0n) is 16.2. The van der Waals surface area contributed by atoms with Gasteiger partial charge in [0.15, 0.2) is 0 Å². The van der Waals surface area contributed by atoms with Gasteiger partial charge in [-0.2, -0.15) is 0 Å². The molecule has 0 aromatic heterocycles. The highest BCUT2D eigenvalue weighted by Gasteiger charge is 2.24. The average molecular weight is 354 g/mol. The molecular formula is C18H35N5O2. The first-order valence-corrected chi connectivity index (χ1v) is 9.72. The Hall–Kier alpha value is -1.50. The van der Waals surface area contributed by atoms with Gasteiger partial charge in [0.1, 0.15) is 0 Å². The third-order valence-corrected chi connectivity index (χ3v) is 5.31. The minimum atomic E-state index is 0.00305. The average Bonchev–Trinajstić information content (AvgIpc) is 2.62. The molecule has 1 unspecified atom stereocenters. The van der Waals surface area contributed by atoms with E-state index in [1.165, 1.54) is 25.8 Å². The number of nitrogens with zero attached hydrogens (tertiary/aromatic N) is 4. The Bertz CT molecular complexity index is 435. The summed E-state index contributed by atoms with van der Waals surface area (Å²) in [6, 6.07) is 0.736. The number of nitrogens with one attached hydrogen (secondary N) is 1. The first-order valence-electron chi connectivity index (χ1n) is 9.72. The summed E-state index contributed by atoms with van der Waals surface area (Å²) in [6.45, 7) is 7.85. The standard InChI is InChI=1S/C18H35N5O2/c1-16-8-4-6-10-21(16)11-7-5-9-19-17(24)22-12-14-23(15-13-22)18(25)20(2)3/h16H,4-15H2,1-3H3,(H,19,24). The first kappa shape index (κ1) is 19.8. The smallest absolute Gasteiger partial charge is 0.319 e. The van der Waals surface area contributed by atoms with Gasteiger partial charge in [-0.3, -0.25) is 0 Å². The van der Waals surface area contributed by atoms with Crippen LogP contribution in [0.15, 0.2) is 0 Å². The number of likely N-dealkylation sites (tertiary alicyclic amines) is 1. The molecule has 0 radical (unpaired) electrons. The van der Waals surface area contributed by atoms with Crippen molar-refractivity contribution < 1.29 is 9.59 Å². The minimum absolute atomic E-state index is 0.00305. The second kappa shape index (κ2) is 9.85. The van der Waals surface area contributed by atoms with Crippen molar-refractivity contribution in [2.24, 2.45) is 0 Å². The summed E-state index contributed by atoms with van der Waals surface area (Å²) in [7, 11) is 3.51. The van der Waals surface area contributed by atoms with E-state index < -0.39 is 0 Å². The van der Waals surface area contributed by atoms with Gasteiger partial charge in [0.05, 0.1) is 0 Å². The molecule has 0 aromatic carbocycles. The predicted molar refractivity (Wildman–Crippen MR) is 99.7 cm³/mol. The summed E-state index contributed by atoms with van der Waals surface area (Å²) in [4.78, 5) is 31.9. The summed E-state index contributed by atoms with van der Waals surface area (Å²) in [5, 5.41) is 3.02. The normalized spacial score (nSPS) is 22.0. The summed E-state index contributed by atoms with van der Waals surface area (Å²) >= 11 is 0. The van der Waals surface area contributed by atoms with Crippen LogP contribution >= 0.6 is 0 Å². The highest BCUT2D eigenvalue weighted by Crippen LogP contribution is 2.16. The second-order valence-electron chi connectivity index (χ2n) is 7.47. The Labute approximate surface area is 152 Å². The molecule has 2 heterocycles. The van der Waals surface area contributed by atoms with Crippen LogP contribution in [0.2, 0.25) is 0 Å². The van der Waals surface area contributed by atoms with Gasteiger partial charge in [-0.25, -0.2) is 9.59 Å². The van der Waals surface area contributed by atoms with Crippen molar-refractivity contribution in [2.75, 3.05) is 59.9 Å². The molecule has 0 aromatic rings. The fourth-order valence-electron chi connectivity index (χ4n) is 3.62. The molecule has 2 saturated heterocycles. The zero-order valence-corrected chi connectivity index (χ0v) is 16.2. The Kier molecular flexibility index (Phi) is 7.81. The van der Waals surface area contributed by atoms with Gasteiger partial charge in [-0.1, -0.05) is 6.42 Å². The molecule has 0 aliphatic carbocycles. The number of piperidine rings is 1. The van der Waals surface area contributed by atoms with Crippen molar-refractivity contribution in [3.63, 3.8) is 0 Å². The summed E-state index contributed by atoms with van der Waals surface area (Å²) in [5.74, 6) is 0. The molecule has 144 valence electrons. The van der Waals surface area contributed by atoms with Crippen LogP contribution in [-0.2, 0) is 0 Å². The number of piperazine rings is 1. The predicted octanol–water partition coefficient (Wildman–Crippen LogP) is 1.65. The van der Waals surface area contributed by atoms with E-state index in [2.05, 4.69) is 17.1 Å². The molecular weight excluding hydrogens is 318 g/mol. The lowest BCUT2D eigenvalue weighted by atomic mass is 10.0. The van der Waals surface area contributed by atoms with Crippen molar-refractivity contribution >= 4 is 12.1 Å². The number of unbranched alkanes of at least 4 members (excludes halogenated alkanes) is 1. The fourth-order valence-corrected chi connectivity index (χ4v) is 3.62. The maximum atomic E-state index is 12.2. The van der Waals surface area contributed by atoms with E-state index in [4.69, 9.17) is 0 Å². The van der Waals surface area contributed by atoms with Crippen LogP contribution in [0.1, 0.15) is 39.0 Å². The summed E-state index contributed by atoms with van der Waals surface area (Å²) in [6.07, 6.45) is 6.16. The lowest BCUT2D eigenvalue weighted by Crippen LogP contribution is -2.54. The molecule has 2 fully saturated rings. The van der Waals surface area contributed by atoms with Gasteiger partial charge < -0.3 is 24.9 Å². The van der Waals surface area contributed by atoms with E-state index in [-0.39, 0.29) is 12.1 Å². The third kappa shape index (κ3) is 6.06. The molecule has 0 bridgehead atoms. The molecule has 7 heteroatoms. The third-order valence-electron chi connectivity index (χ3n) is 5.31. The van der Waals surface area contributed by atoms with Gasteiger partial charge >= 0.3 is 12.1 Å². The van der Waals surface area contributed by atoms with Crippen LogP contribution in [0, 0.1) is 0 Å². The van der Waals surface area contributed by atoms with Crippen molar-refractivity contribution in [3.05, 3.63) is 0 Å². The number of amides is 4. The van der Waals surface area contributed by atoms with Crippen LogP contribution in [0.5, 0.6) is 0 Å². The van der Waals surface area contributed by atoms with E-state index in [9.17, 15) is 9.59 Å². The van der Waals surface area contributed by atoms with Crippen LogP contribution in [0.4, 0.5) is 9.59 Å². The van der Waals surface area contributed by atoms with Gasteiger partial charge in [-0.05, 0) is 45.7 Å². The van der Waals surface area contributed by atoms with Gasteiger partial charge in [-0.15, -0.1) is 0 Å². The summed E-state index contributed by atoms with van der Waals surface area (Å²) in [5.41, 5.74) is 0. The van der Waals surface area contributed by atoms with Crippen molar-refractivity contribution in [2.45, 2.75) is 45.1 Å². The fraction of sp³-hybridized carbons (Fsp3) is 0.889. The molecule has 25 heavy (non-hydrogen) atoms. The topological polar surface area (TPSA) is 59.1 Å². The second-order valence-corrected chi connectivity index (χ2v) is 7.47. The lowest BCUT2D eigenvalue weighted by molar-refractivity contribution is 0.128. The van der Waals surface area contributed by atoms with Gasteiger partial charge in [0.25, 0.3) is 0 Å². The quantitative estimate of drug-likeness (QED) is 0.765. The van der Waals surface area contributed by atoms with Gasteiger partial charge in [0, 0.05) is 52.9 Å². The molecule has 0 saturated carbocycles. The highest BCUT2D eigenvalue weighted by molar-refractivity contribution is 5.76. The zero-order chi connectivity index (χ0) is 18.2. The molecule has 2 rings (SSSR count). The molecule has 1 atom stereocenters. The molecule has 1 N–H and O–H groups in total. The van der Waals surface area contributed by atoms with E-state index >= 15 is 0 Å². The van der Waals surface area contributed by atoms with Crippen molar-refractivity contribution in [3.8, 4) is 0 Å². The lowest BCUT2D eigenvalue weighted by Gasteiger charge is -2.36. The monoisotopic (exact) mass is 353 g/mol. The molecule has 4 amide bonds. The molecule has 2 aliphatic rings. The largest absolute Gasteiger partial charge is 0.338 e. The van der Waals surface area contributed by atoms with E-state index in [1.54, 1.807) is 23.9 Å².